The number of hydrazine groups is 1. The van der Waals surface area contributed by atoms with Crippen molar-refractivity contribution in [2.45, 2.75) is 25.9 Å². The van der Waals surface area contributed by atoms with Crippen LogP contribution < -0.4 is 11.3 Å². The van der Waals surface area contributed by atoms with E-state index in [0.29, 0.717) is 16.5 Å². The Kier molecular flexibility index (Phi) is 4.76. The molecule has 0 saturated heterocycles. The van der Waals surface area contributed by atoms with E-state index in [2.05, 4.69) is 15.5 Å². The molecule has 0 spiro atoms. The van der Waals surface area contributed by atoms with Crippen LogP contribution in [0.4, 0.5) is 0 Å². The summed E-state index contributed by atoms with van der Waals surface area (Å²) in [7, 11) is 0. The van der Waals surface area contributed by atoms with Gasteiger partial charge in [-0.15, -0.1) is 0 Å². The average molecular weight is 300 g/mol. The van der Waals surface area contributed by atoms with Crippen LogP contribution in [0.2, 0.25) is 10.0 Å². The Morgan fingerprint density at radius 3 is 2.79 bits per heavy atom. The molecule has 1 atom stereocenters. The molecule has 2 aromatic rings. The second-order valence-corrected chi connectivity index (χ2v) is 4.90. The molecule has 0 radical (unpaired) electrons. The standard InChI is InChI=1S/C12H15Cl2N5/c1-2-19-12(16-7-17-19)6-11(18-15)8-3-4-9(13)10(14)5-8/h3-5,7,11,18H,2,6,15H2,1H3. The van der Waals surface area contributed by atoms with Crippen LogP contribution in [0, 0.1) is 0 Å². The van der Waals surface area contributed by atoms with Crippen molar-refractivity contribution in [2.24, 2.45) is 5.84 Å². The summed E-state index contributed by atoms with van der Waals surface area (Å²) in [5.74, 6) is 6.49. The van der Waals surface area contributed by atoms with Crippen molar-refractivity contribution in [3.8, 4) is 0 Å². The predicted octanol–water partition coefficient (Wildman–Crippen LogP) is 2.35. The molecule has 0 aliphatic heterocycles. The molecular weight excluding hydrogens is 285 g/mol. The molecule has 1 aromatic heterocycles. The number of aryl methyl sites for hydroxylation is 1. The summed E-state index contributed by atoms with van der Waals surface area (Å²) in [6, 6.07) is 5.37. The zero-order valence-electron chi connectivity index (χ0n) is 10.5. The molecule has 0 fully saturated rings. The number of nitrogens with two attached hydrogens (primary N) is 1. The number of hydrogen-bond acceptors (Lipinski definition) is 4. The zero-order chi connectivity index (χ0) is 13.8. The molecule has 7 heteroatoms. The van der Waals surface area contributed by atoms with Crippen LogP contribution >= 0.6 is 23.2 Å². The molecule has 5 nitrogen and oxygen atoms in total. The van der Waals surface area contributed by atoms with Gasteiger partial charge in [-0.2, -0.15) is 5.10 Å². The maximum Gasteiger partial charge on any atom is 0.138 e. The van der Waals surface area contributed by atoms with Crippen molar-refractivity contribution >= 4 is 23.2 Å². The van der Waals surface area contributed by atoms with E-state index in [1.165, 1.54) is 0 Å². The van der Waals surface area contributed by atoms with Gasteiger partial charge in [0.15, 0.2) is 0 Å². The Hall–Kier alpha value is -1.14. The summed E-state index contributed by atoms with van der Waals surface area (Å²) in [5.41, 5.74) is 3.73. The molecule has 2 rings (SSSR count). The van der Waals surface area contributed by atoms with Crippen molar-refractivity contribution in [3.63, 3.8) is 0 Å². The van der Waals surface area contributed by atoms with Gasteiger partial charge in [-0.1, -0.05) is 29.3 Å². The van der Waals surface area contributed by atoms with Crippen LogP contribution in [0.5, 0.6) is 0 Å². The molecule has 19 heavy (non-hydrogen) atoms. The summed E-state index contributed by atoms with van der Waals surface area (Å²) < 4.78 is 1.84. The Balaban J connectivity index is 2.22. The van der Waals surface area contributed by atoms with E-state index in [4.69, 9.17) is 29.0 Å². The van der Waals surface area contributed by atoms with Crippen LogP contribution in [-0.2, 0) is 13.0 Å². The van der Waals surface area contributed by atoms with Gasteiger partial charge in [0, 0.05) is 13.0 Å². The largest absolute Gasteiger partial charge is 0.271 e. The second kappa shape index (κ2) is 6.34. The fourth-order valence-electron chi connectivity index (χ4n) is 1.90. The normalized spacial score (nSPS) is 12.6. The van der Waals surface area contributed by atoms with E-state index in [1.54, 1.807) is 18.5 Å². The van der Waals surface area contributed by atoms with Crippen LogP contribution in [0.3, 0.4) is 0 Å². The third kappa shape index (κ3) is 3.25. The van der Waals surface area contributed by atoms with Gasteiger partial charge in [0.05, 0.1) is 16.1 Å². The lowest BCUT2D eigenvalue weighted by atomic mass is 10.0. The molecule has 3 N–H and O–H groups in total. The van der Waals surface area contributed by atoms with Gasteiger partial charge in [-0.05, 0) is 24.6 Å². The minimum absolute atomic E-state index is 0.0933. The summed E-state index contributed by atoms with van der Waals surface area (Å²) >= 11 is 11.9. The second-order valence-electron chi connectivity index (χ2n) is 4.09. The number of hydrogen-bond donors (Lipinski definition) is 2. The van der Waals surface area contributed by atoms with Crippen LogP contribution in [-0.4, -0.2) is 14.8 Å². The highest BCUT2D eigenvalue weighted by atomic mass is 35.5. The Morgan fingerprint density at radius 1 is 1.37 bits per heavy atom. The highest BCUT2D eigenvalue weighted by molar-refractivity contribution is 6.42. The molecule has 0 bridgehead atoms. The maximum absolute atomic E-state index is 6.02. The molecule has 0 aliphatic rings. The van der Waals surface area contributed by atoms with Crippen molar-refractivity contribution < 1.29 is 0 Å². The van der Waals surface area contributed by atoms with Gasteiger partial charge < -0.3 is 0 Å². The number of halogens is 2. The number of nitrogens with one attached hydrogen (secondary N) is 1. The fraction of sp³-hybridized carbons (Fsp3) is 0.333. The summed E-state index contributed by atoms with van der Waals surface area (Å²) in [5, 5.41) is 5.17. The first kappa shape index (κ1) is 14.3. The van der Waals surface area contributed by atoms with E-state index in [-0.39, 0.29) is 6.04 Å². The third-order valence-corrected chi connectivity index (χ3v) is 3.67. The summed E-state index contributed by atoms with van der Waals surface area (Å²) in [6.07, 6.45) is 2.17. The SMILES string of the molecule is CCn1ncnc1CC(NN)c1ccc(Cl)c(Cl)c1. The minimum Gasteiger partial charge on any atom is -0.271 e. The summed E-state index contributed by atoms with van der Waals surface area (Å²) in [4.78, 5) is 4.24. The topological polar surface area (TPSA) is 68.8 Å². The molecule has 0 amide bonds. The predicted molar refractivity (Wildman–Crippen MR) is 75.9 cm³/mol. The van der Waals surface area contributed by atoms with Gasteiger partial charge in [-0.3, -0.25) is 16.0 Å². The van der Waals surface area contributed by atoms with Gasteiger partial charge in [0.25, 0.3) is 0 Å². The van der Waals surface area contributed by atoms with Crippen LogP contribution in [0.1, 0.15) is 24.4 Å². The van der Waals surface area contributed by atoms with Crippen molar-refractivity contribution in [3.05, 3.63) is 46.0 Å². The first-order chi connectivity index (χ1) is 9.15. The maximum atomic E-state index is 6.02. The van der Waals surface area contributed by atoms with E-state index in [1.807, 2.05) is 17.7 Å². The summed E-state index contributed by atoms with van der Waals surface area (Å²) in [6.45, 7) is 2.79. The van der Waals surface area contributed by atoms with E-state index < -0.39 is 0 Å². The lowest BCUT2D eigenvalue weighted by Gasteiger charge is -2.16. The third-order valence-electron chi connectivity index (χ3n) is 2.93. The number of rotatable bonds is 5. The molecule has 1 aromatic carbocycles. The fourth-order valence-corrected chi connectivity index (χ4v) is 2.20. The highest BCUT2D eigenvalue weighted by Gasteiger charge is 2.15. The quantitative estimate of drug-likeness (QED) is 0.657. The minimum atomic E-state index is -0.0933. The lowest BCUT2D eigenvalue weighted by molar-refractivity contribution is 0.510. The molecular formula is C12H15Cl2N5. The van der Waals surface area contributed by atoms with Crippen LogP contribution in [0.25, 0.3) is 0 Å². The van der Waals surface area contributed by atoms with E-state index in [0.717, 1.165) is 17.9 Å². The number of aromatic nitrogens is 3. The number of benzene rings is 1. The Labute approximate surface area is 121 Å². The molecule has 102 valence electrons. The van der Waals surface area contributed by atoms with Crippen molar-refractivity contribution in [1.82, 2.24) is 20.2 Å². The van der Waals surface area contributed by atoms with Crippen LogP contribution in [0.15, 0.2) is 24.5 Å². The zero-order valence-corrected chi connectivity index (χ0v) is 12.0. The molecule has 0 aliphatic carbocycles. The van der Waals surface area contributed by atoms with Crippen molar-refractivity contribution in [1.29, 1.82) is 0 Å². The molecule has 1 heterocycles. The molecule has 0 saturated carbocycles. The van der Waals surface area contributed by atoms with Gasteiger partial charge in [0.1, 0.15) is 12.2 Å². The number of nitrogens with zero attached hydrogens (tertiary/aromatic N) is 3. The van der Waals surface area contributed by atoms with Gasteiger partial charge >= 0.3 is 0 Å². The Bertz CT molecular complexity index is 555. The smallest absolute Gasteiger partial charge is 0.138 e. The van der Waals surface area contributed by atoms with Crippen molar-refractivity contribution in [2.75, 3.05) is 0 Å². The van der Waals surface area contributed by atoms with E-state index in [9.17, 15) is 0 Å². The van der Waals surface area contributed by atoms with Gasteiger partial charge in [0.2, 0.25) is 0 Å². The van der Waals surface area contributed by atoms with Gasteiger partial charge in [-0.25, -0.2) is 4.98 Å². The lowest BCUT2D eigenvalue weighted by Crippen LogP contribution is -2.30. The van der Waals surface area contributed by atoms with E-state index >= 15 is 0 Å². The first-order valence-electron chi connectivity index (χ1n) is 5.93. The monoisotopic (exact) mass is 299 g/mol. The molecule has 1 unspecified atom stereocenters. The first-order valence-corrected chi connectivity index (χ1v) is 6.69. The average Bonchev–Trinajstić information content (AvgIpc) is 2.86. The Morgan fingerprint density at radius 2 is 2.16 bits per heavy atom. The highest BCUT2D eigenvalue weighted by Crippen LogP contribution is 2.26.